The Bertz CT molecular complexity index is 663. The van der Waals surface area contributed by atoms with E-state index in [0.717, 1.165) is 10.8 Å². The van der Waals surface area contributed by atoms with Crippen LogP contribution in [0.1, 0.15) is 10.4 Å². The minimum Gasteiger partial charge on any atom is -0.468 e. The minimum atomic E-state index is -0.454. The molecule has 116 valence electrons. The number of hydrogen-bond donors (Lipinski definition) is 0. The first kappa shape index (κ1) is 16.0. The molecule has 0 aromatic heterocycles. The van der Waals surface area contributed by atoms with Gasteiger partial charge in [0.25, 0.3) is 5.91 Å². The Hall–Kier alpha value is -2.40. The van der Waals surface area contributed by atoms with Gasteiger partial charge in [0.1, 0.15) is 6.54 Å². The summed E-state index contributed by atoms with van der Waals surface area (Å²) in [5, 5.41) is 1.85. The van der Waals surface area contributed by atoms with Crippen LogP contribution in [0.2, 0.25) is 0 Å². The number of ether oxygens (including phenoxy) is 2. The lowest BCUT2D eigenvalue weighted by molar-refractivity contribution is -0.141. The zero-order chi connectivity index (χ0) is 15.9. The number of fused-ring (bicyclic) bond motifs is 1. The summed E-state index contributed by atoms with van der Waals surface area (Å²) >= 11 is 0. The van der Waals surface area contributed by atoms with Crippen LogP contribution in [0.15, 0.2) is 42.5 Å². The van der Waals surface area contributed by atoms with Crippen molar-refractivity contribution in [1.29, 1.82) is 0 Å². The lowest BCUT2D eigenvalue weighted by Gasteiger charge is -2.21. The number of carbonyl (C=O) groups excluding carboxylic acids is 2. The van der Waals surface area contributed by atoms with Crippen molar-refractivity contribution in [2.75, 3.05) is 33.9 Å². The van der Waals surface area contributed by atoms with Gasteiger partial charge < -0.3 is 14.4 Å². The topological polar surface area (TPSA) is 55.8 Å². The fourth-order valence-corrected chi connectivity index (χ4v) is 2.26. The molecule has 0 spiro atoms. The largest absolute Gasteiger partial charge is 0.468 e. The van der Waals surface area contributed by atoms with Crippen LogP contribution < -0.4 is 0 Å². The Morgan fingerprint density at radius 1 is 1.05 bits per heavy atom. The number of carbonyl (C=O) groups is 2. The van der Waals surface area contributed by atoms with E-state index >= 15 is 0 Å². The number of methoxy groups -OCH3 is 2. The van der Waals surface area contributed by atoms with Crippen LogP contribution in [0.4, 0.5) is 0 Å². The molecule has 0 N–H and O–H groups in total. The molecular formula is C17H19NO4. The summed E-state index contributed by atoms with van der Waals surface area (Å²) in [4.78, 5) is 25.7. The molecule has 0 radical (unpaired) electrons. The van der Waals surface area contributed by atoms with Crippen molar-refractivity contribution >= 4 is 22.6 Å². The molecule has 0 unspecified atom stereocenters. The van der Waals surface area contributed by atoms with E-state index in [0.29, 0.717) is 18.7 Å². The van der Waals surface area contributed by atoms with Crippen molar-refractivity contribution in [2.45, 2.75) is 0 Å². The first-order valence-corrected chi connectivity index (χ1v) is 7.00. The van der Waals surface area contributed by atoms with Gasteiger partial charge in [0.15, 0.2) is 0 Å². The maximum absolute atomic E-state index is 12.8. The highest BCUT2D eigenvalue weighted by molar-refractivity contribution is 6.07. The zero-order valence-electron chi connectivity index (χ0n) is 12.7. The number of benzene rings is 2. The van der Waals surface area contributed by atoms with Crippen LogP contribution in [0.5, 0.6) is 0 Å². The van der Waals surface area contributed by atoms with Crippen LogP contribution in [-0.2, 0) is 14.3 Å². The standard InChI is InChI=1S/C17H19NO4/c1-21-11-10-18(12-16(19)22-2)17(20)15-9-5-7-13-6-3-4-8-14(13)15/h3-9H,10-12H2,1-2H3. The van der Waals surface area contributed by atoms with E-state index in [-0.39, 0.29) is 12.5 Å². The quantitative estimate of drug-likeness (QED) is 0.767. The molecule has 2 aromatic rings. The van der Waals surface area contributed by atoms with Crippen LogP contribution >= 0.6 is 0 Å². The van der Waals surface area contributed by atoms with E-state index in [9.17, 15) is 9.59 Å². The van der Waals surface area contributed by atoms with Crippen molar-refractivity contribution in [3.05, 3.63) is 48.0 Å². The highest BCUT2D eigenvalue weighted by Gasteiger charge is 2.20. The summed E-state index contributed by atoms with van der Waals surface area (Å²) in [6.45, 7) is 0.586. The van der Waals surface area contributed by atoms with Gasteiger partial charge in [-0.2, -0.15) is 0 Å². The zero-order valence-corrected chi connectivity index (χ0v) is 12.7. The summed E-state index contributed by atoms with van der Waals surface area (Å²) in [5.74, 6) is -0.663. The molecule has 0 saturated heterocycles. The smallest absolute Gasteiger partial charge is 0.325 e. The predicted molar refractivity (Wildman–Crippen MR) is 83.7 cm³/mol. The van der Waals surface area contributed by atoms with Gasteiger partial charge in [0.2, 0.25) is 0 Å². The number of hydrogen-bond acceptors (Lipinski definition) is 4. The number of esters is 1. The predicted octanol–water partition coefficient (Wildman–Crippen LogP) is 2.10. The Kier molecular flexibility index (Phi) is 5.49. The average Bonchev–Trinajstić information content (AvgIpc) is 2.57. The van der Waals surface area contributed by atoms with Gasteiger partial charge in [-0.1, -0.05) is 36.4 Å². The minimum absolute atomic E-state index is 0.0953. The third kappa shape index (κ3) is 3.62. The van der Waals surface area contributed by atoms with Gasteiger partial charge in [0, 0.05) is 19.2 Å². The van der Waals surface area contributed by atoms with Gasteiger partial charge >= 0.3 is 5.97 Å². The highest BCUT2D eigenvalue weighted by Crippen LogP contribution is 2.20. The molecular weight excluding hydrogens is 282 g/mol. The van der Waals surface area contributed by atoms with Crippen LogP contribution in [0.25, 0.3) is 10.8 Å². The maximum atomic E-state index is 12.8. The Labute approximate surface area is 129 Å². The Balaban J connectivity index is 2.33. The molecule has 0 aliphatic heterocycles. The summed E-state index contributed by atoms with van der Waals surface area (Å²) in [6, 6.07) is 13.2. The SMILES string of the molecule is COCCN(CC(=O)OC)C(=O)c1cccc2ccccc12. The molecule has 5 heteroatoms. The lowest BCUT2D eigenvalue weighted by Crippen LogP contribution is -2.38. The molecule has 0 bridgehead atoms. The van der Waals surface area contributed by atoms with Crippen molar-refractivity contribution in [1.82, 2.24) is 4.90 Å². The Morgan fingerprint density at radius 3 is 2.50 bits per heavy atom. The number of nitrogens with zero attached hydrogens (tertiary/aromatic N) is 1. The second-order valence-corrected chi connectivity index (χ2v) is 4.82. The fourth-order valence-electron chi connectivity index (χ4n) is 2.26. The number of amides is 1. The molecule has 2 rings (SSSR count). The lowest BCUT2D eigenvalue weighted by atomic mass is 10.0. The monoisotopic (exact) mass is 301 g/mol. The maximum Gasteiger partial charge on any atom is 0.325 e. The third-order valence-electron chi connectivity index (χ3n) is 3.42. The van der Waals surface area contributed by atoms with Crippen molar-refractivity contribution in [3.8, 4) is 0 Å². The van der Waals surface area contributed by atoms with Crippen molar-refractivity contribution in [3.63, 3.8) is 0 Å². The normalized spacial score (nSPS) is 10.5. The first-order chi connectivity index (χ1) is 10.7. The van der Waals surface area contributed by atoms with E-state index in [4.69, 9.17) is 4.74 Å². The molecule has 0 heterocycles. The summed E-state index contributed by atoms with van der Waals surface area (Å²) < 4.78 is 9.68. The van der Waals surface area contributed by atoms with Gasteiger partial charge in [-0.3, -0.25) is 9.59 Å². The fraction of sp³-hybridized carbons (Fsp3) is 0.294. The number of rotatable bonds is 6. The van der Waals surface area contributed by atoms with Crippen LogP contribution in [0.3, 0.4) is 0 Å². The highest BCUT2D eigenvalue weighted by atomic mass is 16.5. The molecule has 0 aliphatic rings. The average molecular weight is 301 g/mol. The van der Waals surface area contributed by atoms with Crippen LogP contribution in [0, 0.1) is 0 Å². The van der Waals surface area contributed by atoms with E-state index in [1.54, 1.807) is 13.2 Å². The van der Waals surface area contributed by atoms with Gasteiger partial charge in [-0.05, 0) is 16.8 Å². The molecule has 22 heavy (non-hydrogen) atoms. The van der Waals surface area contributed by atoms with Crippen molar-refractivity contribution < 1.29 is 19.1 Å². The molecule has 0 aliphatic carbocycles. The molecule has 0 atom stereocenters. The molecule has 5 nitrogen and oxygen atoms in total. The summed E-state index contributed by atoms with van der Waals surface area (Å²) in [5.41, 5.74) is 0.568. The third-order valence-corrected chi connectivity index (χ3v) is 3.42. The molecule has 0 saturated carbocycles. The van der Waals surface area contributed by atoms with Gasteiger partial charge in [0.05, 0.1) is 13.7 Å². The summed E-state index contributed by atoms with van der Waals surface area (Å²) in [7, 11) is 2.86. The van der Waals surface area contributed by atoms with Crippen LogP contribution in [-0.4, -0.2) is 50.7 Å². The Morgan fingerprint density at radius 2 is 1.77 bits per heavy atom. The van der Waals surface area contributed by atoms with E-state index in [1.807, 2.05) is 36.4 Å². The first-order valence-electron chi connectivity index (χ1n) is 7.00. The van der Waals surface area contributed by atoms with E-state index in [1.165, 1.54) is 12.0 Å². The molecule has 0 fully saturated rings. The van der Waals surface area contributed by atoms with Crippen molar-refractivity contribution in [2.24, 2.45) is 0 Å². The molecule has 2 aromatic carbocycles. The summed E-state index contributed by atoms with van der Waals surface area (Å²) in [6.07, 6.45) is 0. The molecule has 1 amide bonds. The second kappa shape index (κ2) is 7.56. The second-order valence-electron chi connectivity index (χ2n) is 4.82. The van der Waals surface area contributed by atoms with E-state index < -0.39 is 5.97 Å². The van der Waals surface area contributed by atoms with Gasteiger partial charge in [-0.15, -0.1) is 0 Å². The van der Waals surface area contributed by atoms with E-state index in [2.05, 4.69) is 4.74 Å². The van der Waals surface area contributed by atoms with Gasteiger partial charge in [-0.25, -0.2) is 0 Å².